The van der Waals surface area contributed by atoms with Crippen LogP contribution in [0.1, 0.15) is 5.56 Å². The smallest absolute Gasteiger partial charge is 0.264 e. The molecule has 5 nitrogen and oxygen atoms in total. The molecule has 0 spiro atoms. The topological polar surface area (TPSA) is 67.4 Å². The standard InChI is InChI=1S/C17H16Cl2N2O3S/c18-13-5-7-14(8-6-13)25-11-17(23)21-20-16(22)10-24-9-12-3-1-2-4-15(12)19/h1-8H,9-11H2,(H,20,22)(H,21,23). The minimum atomic E-state index is -0.447. The van der Waals surface area contributed by atoms with Gasteiger partial charge in [-0.05, 0) is 35.9 Å². The second-order valence-electron chi connectivity index (χ2n) is 4.92. The number of thioether (sulfide) groups is 1. The molecule has 0 aliphatic carbocycles. The third-order valence-corrected chi connectivity index (χ3v) is 4.61. The van der Waals surface area contributed by atoms with Crippen molar-refractivity contribution in [1.82, 2.24) is 10.9 Å². The molecular weight excluding hydrogens is 383 g/mol. The molecule has 0 atom stereocenters. The van der Waals surface area contributed by atoms with Crippen molar-refractivity contribution in [2.45, 2.75) is 11.5 Å². The van der Waals surface area contributed by atoms with Crippen molar-refractivity contribution in [3.8, 4) is 0 Å². The van der Waals surface area contributed by atoms with Gasteiger partial charge in [-0.3, -0.25) is 20.4 Å². The first-order valence-corrected chi connectivity index (χ1v) is 9.06. The predicted octanol–water partition coefficient (Wildman–Crippen LogP) is 3.45. The highest BCUT2D eigenvalue weighted by atomic mass is 35.5. The van der Waals surface area contributed by atoms with Crippen molar-refractivity contribution < 1.29 is 14.3 Å². The third kappa shape index (κ3) is 7.36. The maximum absolute atomic E-state index is 11.7. The second kappa shape index (κ2) is 10.3. The van der Waals surface area contributed by atoms with Crippen molar-refractivity contribution in [3.05, 3.63) is 64.1 Å². The lowest BCUT2D eigenvalue weighted by atomic mass is 10.2. The molecule has 0 heterocycles. The second-order valence-corrected chi connectivity index (χ2v) is 6.82. The molecule has 0 unspecified atom stereocenters. The minimum Gasteiger partial charge on any atom is -0.367 e. The quantitative estimate of drug-likeness (QED) is 0.553. The predicted molar refractivity (Wildman–Crippen MR) is 99.6 cm³/mol. The Morgan fingerprint density at radius 2 is 1.64 bits per heavy atom. The highest BCUT2D eigenvalue weighted by Gasteiger charge is 2.07. The number of hydrogen-bond donors (Lipinski definition) is 2. The van der Waals surface area contributed by atoms with Crippen LogP contribution in [0.15, 0.2) is 53.4 Å². The molecule has 0 aromatic heterocycles. The highest BCUT2D eigenvalue weighted by molar-refractivity contribution is 8.00. The fourth-order valence-electron chi connectivity index (χ4n) is 1.76. The van der Waals surface area contributed by atoms with Crippen molar-refractivity contribution in [3.63, 3.8) is 0 Å². The van der Waals surface area contributed by atoms with Crippen molar-refractivity contribution >= 4 is 46.8 Å². The summed E-state index contributed by atoms with van der Waals surface area (Å²) in [6, 6.07) is 14.4. The molecule has 0 radical (unpaired) electrons. The summed E-state index contributed by atoms with van der Waals surface area (Å²) in [5, 5.41) is 1.22. The number of nitrogens with one attached hydrogen (secondary N) is 2. The van der Waals surface area contributed by atoms with Crippen LogP contribution in [0, 0.1) is 0 Å². The van der Waals surface area contributed by atoms with Crippen LogP contribution >= 0.6 is 35.0 Å². The molecule has 132 valence electrons. The molecule has 2 aromatic rings. The molecule has 2 rings (SSSR count). The Kier molecular flexibility index (Phi) is 8.08. The zero-order valence-electron chi connectivity index (χ0n) is 13.1. The van der Waals surface area contributed by atoms with E-state index in [0.717, 1.165) is 10.5 Å². The van der Waals surface area contributed by atoms with E-state index in [2.05, 4.69) is 10.9 Å². The number of carbonyl (C=O) groups excluding carboxylic acids is 2. The Morgan fingerprint density at radius 3 is 2.36 bits per heavy atom. The first kappa shape index (κ1) is 19.6. The summed E-state index contributed by atoms with van der Waals surface area (Å²) < 4.78 is 5.27. The first-order valence-electron chi connectivity index (χ1n) is 7.32. The van der Waals surface area contributed by atoms with Gasteiger partial charge in [-0.1, -0.05) is 41.4 Å². The minimum absolute atomic E-state index is 0.169. The molecule has 0 aliphatic rings. The van der Waals surface area contributed by atoms with Crippen LogP contribution in [0.5, 0.6) is 0 Å². The average molecular weight is 399 g/mol. The number of benzene rings is 2. The van der Waals surface area contributed by atoms with E-state index in [-0.39, 0.29) is 24.9 Å². The van der Waals surface area contributed by atoms with Gasteiger partial charge >= 0.3 is 0 Å². The monoisotopic (exact) mass is 398 g/mol. The zero-order chi connectivity index (χ0) is 18.1. The fraction of sp³-hybridized carbons (Fsp3) is 0.176. The zero-order valence-corrected chi connectivity index (χ0v) is 15.5. The summed E-state index contributed by atoms with van der Waals surface area (Å²) in [5.41, 5.74) is 5.42. The maximum Gasteiger partial charge on any atom is 0.264 e. The van der Waals surface area contributed by atoms with Crippen molar-refractivity contribution in [1.29, 1.82) is 0 Å². The Morgan fingerprint density at radius 1 is 0.960 bits per heavy atom. The van der Waals surface area contributed by atoms with E-state index in [4.69, 9.17) is 27.9 Å². The molecule has 0 fully saturated rings. The molecule has 0 saturated heterocycles. The Hall–Kier alpha value is -1.73. The number of hydrogen-bond acceptors (Lipinski definition) is 4. The molecule has 2 aromatic carbocycles. The van der Waals surface area contributed by atoms with E-state index in [1.165, 1.54) is 11.8 Å². The lowest BCUT2D eigenvalue weighted by Crippen LogP contribution is -2.44. The van der Waals surface area contributed by atoms with Gasteiger partial charge in [0, 0.05) is 14.9 Å². The lowest BCUT2D eigenvalue weighted by Gasteiger charge is -2.08. The van der Waals surface area contributed by atoms with Gasteiger partial charge in [-0.15, -0.1) is 11.8 Å². The summed E-state index contributed by atoms with van der Waals surface area (Å²) in [7, 11) is 0. The molecule has 0 aliphatic heterocycles. The van der Waals surface area contributed by atoms with Crippen LogP contribution < -0.4 is 10.9 Å². The van der Waals surface area contributed by atoms with Crippen LogP contribution in [0.4, 0.5) is 0 Å². The number of ether oxygens (including phenoxy) is 1. The van der Waals surface area contributed by atoms with Crippen LogP contribution in [-0.2, 0) is 20.9 Å². The van der Waals surface area contributed by atoms with Crippen molar-refractivity contribution in [2.24, 2.45) is 0 Å². The van der Waals surface area contributed by atoms with E-state index in [1.807, 2.05) is 30.3 Å². The normalized spacial score (nSPS) is 10.3. The molecule has 0 saturated carbocycles. The summed E-state index contributed by atoms with van der Waals surface area (Å²) >= 11 is 13.1. The Balaban J connectivity index is 1.61. The van der Waals surface area contributed by atoms with Gasteiger partial charge in [0.15, 0.2) is 0 Å². The first-order chi connectivity index (χ1) is 12.0. The molecule has 25 heavy (non-hydrogen) atoms. The summed E-state index contributed by atoms with van der Waals surface area (Å²) in [6.07, 6.45) is 0. The maximum atomic E-state index is 11.7. The number of halogens is 2. The Bertz CT molecular complexity index is 726. The van der Waals surface area contributed by atoms with Crippen LogP contribution in [0.25, 0.3) is 0 Å². The van der Waals surface area contributed by atoms with Gasteiger partial charge in [0.1, 0.15) is 6.61 Å². The summed E-state index contributed by atoms with van der Waals surface area (Å²) in [4.78, 5) is 24.2. The van der Waals surface area contributed by atoms with E-state index < -0.39 is 5.91 Å². The number of hydrazine groups is 1. The lowest BCUT2D eigenvalue weighted by molar-refractivity contribution is -0.131. The molecular formula is C17H16Cl2N2O3S. The van der Waals surface area contributed by atoms with Crippen LogP contribution in [0.2, 0.25) is 10.0 Å². The van der Waals surface area contributed by atoms with Crippen LogP contribution in [-0.4, -0.2) is 24.2 Å². The van der Waals surface area contributed by atoms with Gasteiger partial charge in [0.25, 0.3) is 5.91 Å². The molecule has 2 N–H and O–H groups in total. The van der Waals surface area contributed by atoms with Gasteiger partial charge in [-0.2, -0.15) is 0 Å². The van der Waals surface area contributed by atoms with Gasteiger partial charge in [0.05, 0.1) is 12.4 Å². The number of amides is 2. The fourth-order valence-corrected chi connectivity index (χ4v) is 2.78. The average Bonchev–Trinajstić information content (AvgIpc) is 2.61. The van der Waals surface area contributed by atoms with E-state index >= 15 is 0 Å². The van der Waals surface area contributed by atoms with Gasteiger partial charge < -0.3 is 4.74 Å². The molecule has 2 amide bonds. The van der Waals surface area contributed by atoms with E-state index in [1.54, 1.807) is 18.2 Å². The van der Waals surface area contributed by atoms with Gasteiger partial charge in [-0.25, -0.2) is 0 Å². The summed E-state index contributed by atoms with van der Waals surface area (Å²) in [6.45, 7) is 0.0310. The summed E-state index contributed by atoms with van der Waals surface area (Å²) in [5.74, 6) is -0.598. The Labute approximate surface area is 160 Å². The molecule has 0 bridgehead atoms. The molecule has 8 heteroatoms. The number of carbonyl (C=O) groups is 2. The SMILES string of the molecule is O=C(COCc1ccccc1Cl)NNC(=O)CSc1ccc(Cl)cc1. The largest absolute Gasteiger partial charge is 0.367 e. The number of rotatable bonds is 7. The van der Waals surface area contributed by atoms with E-state index in [9.17, 15) is 9.59 Å². The van der Waals surface area contributed by atoms with Gasteiger partial charge in [0.2, 0.25) is 5.91 Å². The van der Waals surface area contributed by atoms with Crippen LogP contribution in [0.3, 0.4) is 0 Å². The third-order valence-electron chi connectivity index (χ3n) is 2.97. The van der Waals surface area contributed by atoms with Crippen molar-refractivity contribution in [2.75, 3.05) is 12.4 Å². The highest BCUT2D eigenvalue weighted by Crippen LogP contribution is 2.19. The van der Waals surface area contributed by atoms with E-state index in [0.29, 0.717) is 10.0 Å².